The Morgan fingerprint density at radius 1 is 1.17 bits per heavy atom. The van der Waals surface area contributed by atoms with Gasteiger partial charge < -0.3 is 4.74 Å². The van der Waals surface area contributed by atoms with Gasteiger partial charge in [-0.3, -0.25) is 14.9 Å². The number of esters is 1. The van der Waals surface area contributed by atoms with Gasteiger partial charge in [-0.25, -0.2) is 0 Å². The molecule has 2 rings (SSSR count). The number of amides is 1. The van der Waals surface area contributed by atoms with Crippen LogP contribution in [0.15, 0.2) is 33.5 Å². The van der Waals surface area contributed by atoms with Gasteiger partial charge in [0.05, 0.1) is 18.6 Å². The van der Waals surface area contributed by atoms with Gasteiger partial charge in [0.25, 0.3) is 0 Å². The van der Waals surface area contributed by atoms with Crippen LogP contribution in [0.2, 0.25) is 0 Å². The summed E-state index contributed by atoms with van der Waals surface area (Å²) in [7, 11) is 1.33. The average Bonchev–Trinajstić information content (AvgIpc) is 2.99. The van der Waals surface area contributed by atoms with Gasteiger partial charge in [-0.1, -0.05) is 40.8 Å². The Morgan fingerprint density at radius 3 is 2.61 bits per heavy atom. The van der Waals surface area contributed by atoms with Crippen LogP contribution in [0.25, 0.3) is 0 Å². The Labute approximate surface area is 146 Å². The molecule has 0 aliphatic rings. The Bertz CT molecular complexity index is 673. The van der Waals surface area contributed by atoms with Gasteiger partial charge in [-0.15, -0.1) is 22.0 Å². The first kappa shape index (κ1) is 17.8. The van der Waals surface area contributed by atoms with Crippen molar-refractivity contribution in [2.45, 2.75) is 16.2 Å². The molecule has 0 aliphatic carbocycles. The molecule has 2 aromatic rings. The number of hydrogen-bond acceptors (Lipinski definition) is 8. The summed E-state index contributed by atoms with van der Waals surface area (Å²) in [5.41, 5.74) is 1.18. The molecule has 0 saturated heterocycles. The lowest BCUT2D eigenvalue weighted by atomic mass is 10.2. The van der Waals surface area contributed by atoms with E-state index in [1.807, 2.05) is 31.2 Å². The molecule has 9 heteroatoms. The van der Waals surface area contributed by atoms with E-state index in [0.29, 0.717) is 15.2 Å². The quantitative estimate of drug-likeness (QED) is 0.456. The highest BCUT2D eigenvalue weighted by atomic mass is 32.2. The molecule has 6 nitrogen and oxygen atoms in total. The number of benzene rings is 1. The van der Waals surface area contributed by atoms with Gasteiger partial charge in [-0.2, -0.15) is 0 Å². The topological polar surface area (TPSA) is 81.2 Å². The zero-order valence-corrected chi connectivity index (χ0v) is 15.0. The van der Waals surface area contributed by atoms with Crippen LogP contribution >= 0.6 is 34.9 Å². The van der Waals surface area contributed by atoms with Gasteiger partial charge in [0.2, 0.25) is 11.0 Å². The maximum Gasteiger partial charge on any atom is 0.316 e. The zero-order chi connectivity index (χ0) is 16.7. The van der Waals surface area contributed by atoms with Crippen molar-refractivity contribution in [1.29, 1.82) is 0 Å². The van der Waals surface area contributed by atoms with Crippen LogP contribution in [0, 0.1) is 6.92 Å². The normalized spacial score (nSPS) is 10.3. The number of ether oxygens (including phenoxy) is 1. The molecular formula is C14H15N3O3S3. The number of aromatic nitrogens is 2. The summed E-state index contributed by atoms with van der Waals surface area (Å²) in [5.74, 6) is -0.00292. The first-order valence-corrected chi connectivity index (χ1v) is 9.38. The molecule has 1 amide bonds. The van der Waals surface area contributed by atoms with Crippen molar-refractivity contribution in [3.05, 3.63) is 29.8 Å². The summed E-state index contributed by atoms with van der Waals surface area (Å²) < 4.78 is 5.16. The molecule has 1 N–H and O–H groups in total. The molecule has 0 saturated carbocycles. The molecule has 1 heterocycles. The molecule has 0 fully saturated rings. The summed E-state index contributed by atoms with van der Waals surface area (Å²) >= 11 is 3.91. The molecule has 122 valence electrons. The van der Waals surface area contributed by atoms with Crippen LogP contribution in [0.4, 0.5) is 5.13 Å². The van der Waals surface area contributed by atoms with Gasteiger partial charge in [0.1, 0.15) is 0 Å². The van der Waals surface area contributed by atoms with Crippen LogP contribution in [0.3, 0.4) is 0 Å². The van der Waals surface area contributed by atoms with Crippen molar-refractivity contribution >= 4 is 51.9 Å². The second-order valence-corrected chi connectivity index (χ2v) is 7.64. The van der Waals surface area contributed by atoms with E-state index in [-0.39, 0.29) is 17.6 Å². The van der Waals surface area contributed by atoms with Crippen LogP contribution in [0.1, 0.15) is 5.56 Å². The van der Waals surface area contributed by atoms with Gasteiger partial charge in [0, 0.05) is 4.90 Å². The number of anilines is 1. The number of nitrogens with one attached hydrogen (secondary N) is 1. The van der Waals surface area contributed by atoms with E-state index in [9.17, 15) is 9.59 Å². The first-order valence-electron chi connectivity index (χ1n) is 6.59. The number of rotatable bonds is 7. The minimum absolute atomic E-state index is 0.142. The molecule has 0 spiro atoms. The highest BCUT2D eigenvalue weighted by Crippen LogP contribution is 2.26. The third kappa shape index (κ3) is 6.20. The smallest absolute Gasteiger partial charge is 0.316 e. The van der Waals surface area contributed by atoms with Crippen molar-refractivity contribution in [2.75, 3.05) is 23.9 Å². The fourth-order valence-electron chi connectivity index (χ4n) is 1.44. The van der Waals surface area contributed by atoms with E-state index >= 15 is 0 Å². The number of methoxy groups -OCH3 is 1. The van der Waals surface area contributed by atoms with Crippen LogP contribution in [-0.2, 0) is 14.3 Å². The predicted molar refractivity (Wildman–Crippen MR) is 93.2 cm³/mol. The molecule has 23 heavy (non-hydrogen) atoms. The van der Waals surface area contributed by atoms with Crippen LogP contribution in [-0.4, -0.2) is 40.7 Å². The fraction of sp³-hybridized carbons (Fsp3) is 0.286. The van der Waals surface area contributed by atoms with Crippen molar-refractivity contribution < 1.29 is 14.3 Å². The summed E-state index contributed by atoms with van der Waals surface area (Å²) in [5, 5.41) is 10.9. The number of thioether (sulfide) groups is 2. The highest BCUT2D eigenvalue weighted by Gasteiger charge is 2.10. The third-order valence-corrected chi connectivity index (χ3v) is 5.54. The van der Waals surface area contributed by atoms with E-state index in [2.05, 4.69) is 20.3 Å². The molecule has 1 aromatic heterocycles. The summed E-state index contributed by atoms with van der Waals surface area (Å²) in [6, 6.07) is 7.99. The van der Waals surface area contributed by atoms with E-state index in [1.54, 1.807) is 0 Å². The Hall–Kier alpha value is -1.58. The van der Waals surface area contributed by atoms with E-state index in [0.717, 1.165) is 4.90 Å². The Balaban J connectivity index is 1.77. The third-order valence-electron chi connectivity index (χ3n) is 2.58. The van der Waals surface area contributed by atoms with Gasteiger partial charge >= 0.3 is 5.97 Å². The maximum absolute atomic E-state index is 11.9. The lowest BCUT2D eigenvalue weighted by Crippen LogP contribution is -2.13. The number of nitrogens with zero attached hydrogens (tertiary/aromatic N) is 2. The van der Waals surface area contributed by atoms with Crippen molar-refractivity contribution in [1.82, 2.24) is 10.2 Å². The molecule has 0 radical (unpaired) electrons. The molecule has 0 atom stereocenters. The van der Waals surface area contributed by atoms with Crippen molar-refractivity contribution in [2.24, 2.45) is 0 Å². The lowest BCUT2D eigenvalue weighted by Gasteiger charge is -2.02. The summed E-state index contributed by atoms with van der Waals surface area (Å²) in [6.45, 7) is 2.02. The predicted octanol–water partition coefficient (Wildman–Crippen LogP) is 2.84. The second kappa shape index (κ2) is 8.90. The molecule has 0 unspecified atom stereocenters. The minimum atomic E-state index is -0.328. The monoisotopic (exact) mass is 369 g/mol. The largest absolute Gasteiger partial charge is 0.468 e. The molecular weight excluding hydrogens is 354 g/mol. The first-order chi connectivity index (χ1) is 11.1. The van der Waals surface area contributed by atoms with E-state index < -0.39 is 0 Å². The zero-order valence-electron chi connectivity index (χ0n) is 12.6. The highest BCUT2D eigenvalue weighted by molar-refractivity contribution is 8.01. The molecule has 1 aromatic carbocycles. The number of carbonyl (C=O) groups excluding carboxylic acids is 2. The Kier molecular flexibility index (Phi) is 6.87. The number of aryl methyl sites for hydroxylation is 1. The van der Waals surface area contributed by atoms with Gasteiger partial charge in [-0.05, 0) is 19.1 Å². The van der Waals surface area contributed by atoms with Crippen LogP contribution in [0.5, 0.6) is 0 Å². The SMILES string of the molecule is COC(=O)CSc1nnc(NC(=O)CSc2ccc(C)cc2)s1. The van der Waals surface area contributed by atoms with Gasteiger partial charge in [0.15, 0.2) is 4.34 Å². The maximum atomic E-state index is 11.9. The second-order valence-electron chi connectivity index (χ2n) is 4.39. The average molecular weight is 369 g/mol. The summed E-state index contributed by atoms with van der Waals surface area (Å²) in [4.78, 5) is 24.0. The van der Waals surface area contributed by atoms with E-state index in [4.69, 9.17) is 0 Å². The summed E-state index contributed by atoms with van der Waals surface area (Å²) in [6.07, 6.45) is 0. The minimum Gasteiger partial charge on any atom is -0.468 e. The van der Waals surface area contributed by atoms with Crippen LogP contribution < -0.4 is 5.32 Å². The number of hydrogen-bond donors (Lipinski definition) is 1. The standard InChI is InChI=1S/C14H15N3O3S3/c1-9-3-5-10(6-4-9)21-7-11(18)15-13-16-17-14(23-13)22-8-12(19)20-2/h3-6H,7-8H2,1-2H3,(H,15,16,18). The van der Waals surface area contributed by atoms with E-state index in [1.165, 1.54) is 47.5 Å². The molecule has 0 aliphatic heterocycles. The molecule has 0 bridgehead atoms. The Morgan fingerprint density at radius 2 is 1.91 bits per heavy atom. The fourth-order valence-corrected chi connectivity index (χ4v) is 3.74. The lowest BCUT2D eigenvalue weighted by molar-refractivity contribution is -0.137. The van der Waals surface area contributed by atoms with Crippen molar-refractivity contribution in [3.63, 3.8) is 0 Å². The van der Waals surface area contributed by atoms with Crippen molar-refractivity contribution in [3.8, 4) is 0 Å². The number of carbonyl (C=O) groups is 2.